The Morgan fingerprint density at radius 1 is 1.47 bits per heavy atom. The Balaban J connectivity index is 2.60. The predicted octanol–water partition coefficient (Wildman–Crippen LogP) is 1.54. The summed E-state index contributed by atoms with van der Waals surface area (Å²) >= 11 is 0. The second-order valence-corrected chi connectivity index (χ2v) is 3.26. The third-order valence-electron chi connectivity index (χ3n) is 2.23. The highest BCUT2D eigenvalue weighted by molar-refractivity contribution is 5.73. The second-order valence-electron chi connectivity index (χ2n) is 3.26. The van der Waals surface area contributed by atoms with E-state index < -0.39 is 0 Å². The number of aromatic nitrogens is 2. The monoisotopic (exact) mass is 198 g/mol. The number of benzene rings is 1. The van der Waals surface area contributed by atoms with Gasteiger partial charge in [-0.3, -0.25) is 4.68 Å². The third-order valence-corrected chi connectivity index (χ3v) is 2.23. The van der Waals surface area contributed by atoms with Crippen molar-refractivity contribution in [3.8, 4) is 17.3 Å². The molecule has 0 radical (unpaired) electrons. The van der Waals surface area contributed by atoms with Gasteiger partial charge in [0.2, 0.25) is 0 Å². The van der Waals surface area contributed by atoms with E-state index in [1.165, 1.54) is 0 Å². The Hall–Kier alpha value is -2.28. The van der Waals surface area contributed by atoms with Crippen LogP contribution in [0.3, 0.4) is 0 Å². The van der Waals surface area contributed by atoms with Crippen molar-refractivity contribution in [1.29, 1.82) is 5.26 Å². The fourth-order valence-electron chi connectivity index (χ4n) is 1.54. The van der Waals surface area contributed by atoms with Crippen LogP contribution in [0.1, 0.15) is 5.56 Å². The molecule has 2 N–H and O–H groups in total. The van der Waals surface area contributed by atoms with Crippen LogP contribution in [0.2, 0.25) is 0 Å². The number of nitrogens with zero attached hydrogens (tertiary/aromatic N) is 3. The first-order chi connectivity index (χ1) is 7.22. The lowest BCUT2D eigenvalue weighted by Gasteiger charge is -2.03. The van der Waals surface area contributed by atoms with E-state index >= 15 is 0 Å². The molecule has 15 heavy (non-hydrogen) atoms. The fraction of sp³-hybridized carbons (Fsp3) is 0.0909. The van der Waals surface area contributed by atoms with Gasteiger partial charge in [-0.05, 0) is 12.1 Å². The summed E-state index contributed by atoms with van der Waals surface area (Å²) < 4.78 is 1.70. The first kappa shape index (κ1) is 9.28. The highest BCUT2D eigenvalue weighted by Crippen LogP contribution is 2.25. The van der Waals surface area contributed by atoms with Crippen molar-refractivity contribution in [1.82, 2.24) is 9.78 Å². The van der Waals surface area contributed by atoms with E-state index in [4.69, 9.17) is 11.0 Å². The Morgan fingerprint density at radius 2 is 2.27 bits per heavy atom. The molecule has 4 nitrogen and oxygen atoms in total. The molecular weight excluding hydrogens is 188 g/mol. The summed E-state index contributed by atoms with van der Waals surface area (Å²) in [6.07, 6.45) is 1.61. The predicted molar refractivity (Wildman–Crippen MR) is 57.8 cm³/mol. The molecule has 2 rings (SSSR count). The highest BCUT2D eigenvalue weighted by atomic mass is 15.3. The molecule has 1 heterocycles. The van der Waals surface area contributed by atoms with Crippen LogP contribution >= 0.6 is 0 Å². The Kier molecular flexibility index (Phi) is 2.14. The second kappa shape index (κ2) is 3.46. The summed E-state index contributed by atoms with van der Waals surface area (Å²) in [5, 5.41) is 12.9. The van der Waals surface area contributed by atoms with Crippen molar-refractivity contribution in [2.24, 2.45) is 7.05 Å². The highest BCUT2D eigenvalue weighted by Gasteiger charge is 2.08. The molecule has 1 aromatic heterocycles. The van der Waals surface area contributed by atoms with Gasteiger partial charge in [0.15, 0.2) is 0 Å². The first-order valence-corrected chi connectivity index (χ1v) is 4.50. The fourth-order valence-corrected chi connectivity index (χ4v) is 1.54. The topological polar surface area (TPSA) is 67.6 Å². The maximum Gasteiger partial charge on any atom is 0.0991 e. The Morgan fingerprint density at radius 3 is 2.87 bits per heavy atom. The third kappa shape index (κ3) is 1.55. The van der Waals surface area contributed by atoms with Gasteiger partial charge in [0, 0.05) is 12.6 Å². The van der Waals surface area contributed by atoms with E-state index in [0.717, 1.165) is 11.3 Å². The van der Waals surface area contributed by atoms with Crippen molar-refractivity contribution in [3.63, 3.8) is 0 Å². The molecule has 0 bridgehead atoms. The molecule has 4 heteroatoms. The lowest BCUT2D eigenvalue weighted by atomic mass is 10.1. The molecule has 0 fully saturated rings. The maximum absolute atomic E-state index is 8.79. The van der Waals surface area contributed by atoms with E-state index in [1.807, 2.05) is 19.2 Å². The van der Waals surface area contributed by atoms with Gasteiger partial charge in [0.05, 0.1) is 29.2 Å². The van der Waals surface area contributed by atoms with Gasteiger partial charge in [-0.1, -0.05) is 12.1 Å². The SMILES string of the molecule is Cn1ncc(N)c1-c1cccc(C#N)c1. The van der Waals surface area contributed by atoms with Gasteiger partial charge < -0.3 is 5.73 Å². The van der Waals surface area contributed by atoms with Gasteiger partial charge in [0.1, 0.15) is 0 Å². The molecule has 0 amide bonds. The zero-order chi connectivity index (χ0) is 10.8. The zero-order valence-electron chi connectivity index (χ0n) is 8.31. The lowest BCUT2D eigenvalue weighted by Crippen LogP contribution is -1.95. The Bertz CT molecular complexity index is 514. The minimum atomic E-state index is 0.618. The van der Waals surface area contributed by atoms with E-state index in [0.29, 0.717) is 11.3 Å². The van der Waals surface area contributed by atoms with Crippen molar-refractivity contribution in [2.75, 3.05) is 5.73 Å². The summed E-state index contributed by atoms with van der Waals surface area (Å²) in [6.45, 7) is 0. The van der Waals surface area contributed by atoms with E-state index in [1.54, 1.807) is 23.0 Å². The Labute approximate surface area is 87.6 Å². The number of anilines is 1. The molecule has 0 spiro atoms. The molecule has 0 saturated carbocycles. The average molecular weight is 198 g/mol. The van der Waals surface area contributed by atoms with E-state index in [-0.39, 0.29) is 0 Å². The number of nitrogen functional groups attached to an aromatic ring is 1. The maximum atomic E-state index is 8.79. The van der Waals surface area contributed by atoms with Gasteiger partial charge in [-0.25, -0.2) is 0 Å². The first-order valence-electron chi connectivity index (χ1n) is 4.50. The van der Waals surface area contributed by atoms with Crippen LogP contribution in [0.5, 0.6) is 0 Å². The lowest BCUT2D eigenvalue weighted by molar-refractivity contribution is 0.776. The summed E-state index contributed by atoms with van der Waals surface area (Å²) in [6, 6.07) is 9.40. The number of nitrogens with two attached hydrogens (primary N) is 1. The van der Waals surface area contributed by atoms with Crippen LogP contribution in [0.25, 0.3) is 11.3 Å². The summed E-state index contributed by atoms with van der Waals surface area (Å²) in [5.41, 5.74) is 8.78. The number of aryl methyl sites for hydroxylation is 1. The molecule has 0 saturated heterocycles. The smallest absolute Gasteiger partial charge is 0.0991 e. The molecular formula is C11H10N4. The summed E-state index contributed by atoms with van der Waals surface area (Å²) in [4.78, 5) is 0. The van der Waals surface area contributed by atoms with Crippen LogP contribution in [0, 0.1) is 11.3 Å². The molecule has 0 unspecified atom stereocenters. The normalized spacial score (nSPS) is 9.87. The number of nitriles is 1. The average Bonchev–Trinajstić information content (AvgIpc) is 2.59. The zero-order valence-corrected chi connectivity index (χ0v) is 8.31. The van der Waals surface area contributed by atoms with E-state index in [9.17, 15) is 0 Å². The minimum Gasteiger partial charge on any atom is -0.396 e. The standard InChI is InChI=1S/C11H10N4/c1-15-11(10(13)7-14-15)9-4-2-3-8(5-9)6-12/h2-5,7H,13H2,1H3. The van der Waals surface area contributed by atoms with Gasteiger partial charge in [0.25, 0.3) is 0 Å². The molecule has 0 aliphatic heterocycles. The summed E-state index contributed by atoms with van der Waals surface area (Å²) in [5.74, 6) is 0. The minimum absolute atomic E-state index is 0.618. The van der Waals surface area contributed by atoms with Gasteiger partial charge in [-0.2, -0.15) is 10.4 Å². The van der Waals surface area contributed by atoms with Crippen molar-refractivity contribution in [3.05, 3.63) is 36.0 Å². The van der Waals surface area contributed by atoms with Crippen LogP contribution in [-0.4, -0.2) is 9.78 Å². The van der Waals surface area contributed by atoms with Crippen molar-refractivity contribution < 1.29 is 0 Å². The van der Waals surface area contributed by atoms with Crippen LogP contribution in [0.4, 0.5) is 5.69 Å². The van der Waals surface area contributed by atoms with E-state index in [2.05, 4.69) is 11.2 Å². The van der Waals surface area contributed by atoms with Crippen molar-refractivity contribution in [2.45, 2.75) is 0 Å². The van der Waals surface area contributed by atoms with Crippen molar-refractivity contribution >= 4 is 5.69 Å². The van der Waals surface area contributed by atoms with Gasteiger partial charge >= 0.3 is 0 Å². The number of hydrogen-bond donors (Lipinski definition) is 1. The number of rotatable bonds is 1. The quantitative estimate of drug-likeness (QED) is 0.755. The van der Waals surface area contributed by atoms with Crippen LogP contribution < -0.4 is 5.73 Å². The molecule has 0 aliphatic rings. The molecule has 2 aromatic rings. The van der Waals surface area contributed by atoms with Crippen LogP contribution in [0.15, 0.2) is 30.5 Å². The molecule has 1 aromatic carbocycles. The van der Waals surface area contributed by atoms with Crippen LogP contribution in [-0.2, 0) is 7.05 Å². The summed E-state index contributed by atoms with van der Waals surface area (Å²) in [7, 11) is 1.82. The van der Waals surface area contributed by atoms with Gasteiger partial charge in [-0.15, -0.1) is 0 Å². The molecule has 0 aliphatic carbocycles. The largest absolute Gasteiger partial charge is 0.396 e. The molecule has 0 atom stereocenters. The molecule has 74 valence electrons. The number of hydrogen-bond acceptors (Lipinski definition) is 3.